The minimum atomic E-state index is -0.451. The van der Waals surface area contributed by atoms with E-state index in [0.29, 0.717) is 0 Å². The molecule has 0 bridgehead atoms. The summed E-state index contributed by atoms with van der Waals surface area (Å²) in [7, 11) is 2.02. The maximum atomic E-state index is 10.8. The molecular weight excluding hydrogens is 222 g/mol. The number of hydrogen-bond donors (Lipinski definition) is 2. The van der Waals surface area contributed by atoms with E-state index in [-0.39, 0.29) is 23.4 Å². The first-order valence-corrected chi connectivity index (χ1v) is 5.42. The van der Waals surface area contributed by atoms with Gasteiger partial charge in [0.2, 0.25) is 5.82 Å². The zero-order valence-corrected chi connectivity index (χ0v) is 9.59. The van der Waals surface area contributed by atoms with E-state index in [4.69, 9.17) is 5.73 Å². The van der Waals surface area contributed by atoms with E-state index in [2.05, 4.69) is 15.2 Å². The van der Waals surface area contributed by atoms with Crippen molar-refractivity contribution in [2.75, 3.05) is 31.2 Å². The molecule has 0 radical (unpaired) electrons. The monoisotopic (exact) mass is 237 g/mol. The van der Waals surface area contributed by atoms with Gasteiger partial charge in [-0.3, -0.25) is 10.1 Å². The summed E-state index contributed by atoms with van der Waals surface area (Å²) in [5.41, 5.74) is 5.51. The number of nitrogen functional groups attached to an aromatic ring is 1. The topological polar surface area (TPSA) is 97.3 Å². The lowest BCUT2D eigenvalue weighted by Crippen LogP contribution is -2.24. The van der Waals surface area contributed by atoms with Crippen molar-refractivity contribution in [2.45, 2.75) is 12.5 Å². The number of likely N-dealkylation sites (N-methyl/N-ethyl adjacent to an activating group) is 1. The molecule has 2 rings (SSSR count). The van der Waals surface area contributed by atoms with E-state index in [1.807, 2.05) is 7.05 Å². The Morgan fingerprint density at radius 3 is 3.00 bits per heavy atom. The summed E-state index contributed by atoms with van der Waals surface area (Å²) < 4.78 is 0. The number of rotatable bonds is 3. The maximum Gasteiger partial charge on any atom is 0.311 e. The standard InChI is InChI=1S/C10H15N5O2/c1-14-5-4-7(6-14)12-10-8(15(16)17)2-3-9(11)13-10/h2-3,7H,4-6H2,1H3,(H3,11,12,13). The van der Waals surface area contributed by atoms with Crippen LogP contribution < -0.4 is 11.1 Å². The number of hydrogen-bond acceptors (Lipinski definition) is 6. The molecule has 0 saturated carbocycles. The predicted molar refractivity (Wildman–Crippen MR) is 64.8 cm³/mol. The molecule has 0 aliphatic carbocycles. The zero-order chi connectivity index (χ0) is 12.4. The van der Waals surface area contributed by atoms with Gasteiger partial charge >= 0.3 is 5.69 Å². The van der Waals surface area contributed by atoms with Crippen molar-refractivity contribution in [1.82, 2.24) is 9.88 Å². The van der Waals surface area contributed by atoms with Crippen molar-refractivity contribution in [2.24, 2.45) is 0 Å². The molecule has 1 saturated heterocycles. The van der Waals surface area contributed by atoms with Crippen LogP contribution in [0.1, 0.15) is 6.42 Å². The lowest BCUT2D eigenvalue weighted by atomic mass is 10.2. The Hall–Kier alpha value is -1.89. The minimum absolute atomic E-state index is 0.0336. The second kappa shape index (κ2) is 4.54. The van der Waals surface area contributed by atoms with Crippen molar-refractivity contribution in [3.05, 3.63) is 22.2 Å². The molecule has 1 aliphatic heterocycles. The number of anilines is 2. The Bertz CT molecular complexity index is 437. The fourth-order valence-corrected chi connectivity index (χ4v) is 1.97. The van der Waals surface area contributed by atoms with Gasteiger partial charge < -0.3 is 16.0 Å². The number of aromatic nitrogens is 1. The smallest absolute Gasteiger partial charge is 0.311 e. The molecule has 17 heavy (non-hydrogen) atoms. The van der Waals surface area contributed by atoms with E-state index in [1.165, 1.54) is 12.1 Å². The summed E-state index contributed by atoms with van der Waals surface area (Å²) in [6.07, 6.45) is 0.949. The summed E-state index contributed by atoms with van der Waals surface area (Å²) >= 11 is 0. The highest BCUT2D eigenvalue weighted by Crippen LogP contribution is 2.25. The minimum Gasteiger partial charge on any atom is -0.384 e. The Balaban J connectivity index is 2.19. The van der Waals surface area contributed by atoms with Gasteiger partial charge in [0.1, 0.15) is 5.82 Å². The largest absolute Gasteiger partial charge is 0.384 e. The molecule has 1 aliphatic rings. The van der Waals surface area contributed by atoms with Crippen LogP contribution in [0.25, 0.3) is 0 Å². The maximum absolute atomic E-state index is 10.8. The third-order valence-corrected chi connectivity index (χ3v) is 2.82. The first-order chi connectivity index (χ1) is 8.06. The van der Waals surface area contributed by atoms with Crippen LogP contribution >= 0.6 is 0 Å². The van der Waals surface area contributed by atoms with Crippen molar-refractivity contribution >= 4 is 17.3 Å². The van der Waals surface area contributed by atoms with E-state index >= 15 is 0 Å². The van der Waals surface area contributed by atoms with Crippen molar-refractivity contribution < 1.29 is 4.92 Å². The lowest BCUT2D eigenvalue weighted by Gasteiger charge is -2.13. The Morgan fingerprint density at radius 1 is 1.65 bits per heavy atom. The van der Waals surface area contributed by atoms with E-state index in [0.717, 1.165) is 19.5 Å². The molecule has 1 atom stereocenters. The first kappa shape index (κ1) is 11.6. The summed E-state index contributed by atoms with van der Waals surface area (Å²) in [5, 5.41) is 13.9. The molecule has 92 valence electrons. The molecule has 0 amide bonds. The molecule has 1 fully saturated rings. The van der Waals surface area contributed by atoms with Crippen LogP contribution in [0.15, 0.2) is 12.1 Å². The molecular formula is C10H15N5O2. The predicted octanol–water partition coefficient (Wildman–Crippen LogP) is 0.688. The lowest BCUT2D eigenvalue weighted by molar-refractivity contribution is -0.384. The van der Waals surface area contributed by atoms with Crippen LogP contribution in [0.4, 0.5) is 17.3 Å². The van der Waals surface area contributed by atoms with Gasteiger partial charge in [0.25, 0.3) is 0 Å². The Morgan fingerprint density at radius 2 is 2.41 bits per heavy atom. The van der Waals surface area contributed by atoms with Gasteiger partial charge in [0.15, 0.2) is 0 Å². The number of nitrogens with two attached hydrogens (primary N) is 1. The number of pyridine rings is 1. The molecule has 2 heterocycles. The van der Waals surface area contributed by atoms with Gasteiger partial charge in [-0.1, -0.05) is 0 Å². The van der Waals surface area contributed by atoms with Crippen LogP contribution in [-0.2, 0) is 0 Å². The number of likely N-dealkylation sites (tertiary alicyclic amines) is 1. The van der Waals surface area contributed by atoms with Gasteiger partial charge in [0, 0.05) is 18.7 Å². The van der Waals surface area contributed by atoms with Crippen LogP contribution in [0.3, 0.4) is 0 Å². The van der Waals surface area contributed by atoms with Crippen LogP contribution in [0.5, 0.6) is 0 Å². The highest BCUT2D eigenvalue weighted by molar-refractivity contribution is 5.59. The summed E-state index contributed by atoms with van der Waals surface area (Å²) in [4.78, 5) is 16.5. The van der Waals surface area contributed by atoms with Crippen LogP contribution in [0, 0.1) is 10.1 Å². The van der Waals surface area contributed by atoms with E-state index < -0.39 is 4.92 Å². The number of nitrogens with zero attached hydrogens (tertiary/aromatic N) is 3. The molecule has 7 heteroatoms. The molecule has 7 nitrogen and oxygen atoms in total. The molecule has 1 aromatic heterocycles. The SMILES string of the molecule is CN1CCC(Nc2nc(N)ccc2[N+](=O)[O-])C1. The highest BCUT2D eigenvalue weighted by atomic mass is 16.6. The summed E-state index contributed by atoms with van der Waals surface area (Å²) in [6, 6.07) is 3.00. The molecule has 1 aromatic rings. The highest BCUT2D eigenvalue weighted by Gasteiger charge is 2.23. The van der Waals surface area contributed by atoms with Gasteiger partial charge in [-0.25, -0.2) is 4.98 Å². The van der Waals surface area contributed by atoms with Gasteiger partial charge in [-0.2, -0.15) is 0 Å². The van der Waals surface area contributed by atoms with Gasteiger partial charge in [-0.15, -0.1) is 0 Å². The van der Waals surface area contributed by atoms with Crippen molar-refractivity contribution in [1.29, 1.82) is 0 Å². The van der Waals surface area contributed by atoms with Crippen LogP contribution in [-0.4, -0.2) is 41.0 Å². The third kappa shape index (κ3) is 2.62. The Kier molecular flexibility index (Phi) is 3.10. The second-order valence-electron chi connectivity index (χ2n) is 4.25. The van der Waals surface area contributed by atoms with Gasteiger partial charge in [0.05, 0.1) is 4.92 Å². The van der Waals surface area contributed by atoms with Gasteiger partial charge in [-0.05, 0) is 26.1 Å². The second-order valence-corrected chi connectivity index (χ2v) is 4.25. The molecule has 0 spiro atoms. The average Bonchev–Trinajstić information content (AvgIpc) is 2.63. The summed E-state index contributed by atoms with van der Waals surface area (Å²) in [5.74, 6) is 0.541. The van der Waals surface area contributed by atoms with Crippen molar-refractivity contribution in [3.63, 3.8) is 0 Å². The number of nitrogens with one attached hydrogen (secondary N) is 1. The van der Waals surface area contributed by atoms with E-state index in [9.17, 15) is 10.1 Å². The normalized spacial score (nSPS) is 20.4. The quantitative estimate of drug-likeness (QED) is 0.593. The molecule has 3 N–H and O–H groups in total. The van der Waals surface area contributed by atoms with E-state index in [1.54, 1.807) is 0 Å². The Labute approximate surface area is 98.8 Å². The third-order valence-electron chi connectivity index (χ3n) is 2.82. The number of nitro groups is 1. The molecule has 1 unspecified atom stereocenters. The van der Waals surface area contributed by atoms with Crippen LogP contribution in [0.2, 0.25) is 0 Å². The first-order valence-electron chi connectivity index (χ1n) is 5.42. The average molecular weight is 237 g/mol. The fraction of sp³-hybridized carbons (Fsp3) is 0.500. The van der Waals surface area contributed by atoms with Crippen molar-refractivity contribution in [3.8, 4) is 0 Å². The molecule has 0 aromatic carbocycles. The fourth-order valence-electron chi connectivity index (χ4n) is 1.97. The zero-order valence-electron chi connectivity index (χ0n) is 9.59. The summed E-state index contributed by atoms with van der Waals surface area (Å²) in [6.45, 7) is 1.83.